The van der Waals surface area contributed by atoms with Crippen LogP contribution in [0.15, 0.2) is 0 Å². The molecule has 0 aromatic heterocycles. The van der Waals surface area contributed by atoms with E-state index in [0.717, 1.165) is 0 Å². The first-order valence-corrected chi connectivity index (χ1v) is 7.89. The molecule has 0 saturated carbocycles. The summed E-state index contributed by atoms with van der Waals surface area (Å²) in [5, 5.41) is -0.261. The van der Waals surface area contributed by atoms with Crippen molar-refractivity contribution in [3.05, 3.63) is 0 Å². The van der Waals surface area contributed by atoms with Gasteiger partial charge in [-0.2, -0.15) is 0 Å². The van der Waals surface area contributed by atoms with Gasteiger partial charge in [0.15, 0.2) is 9.84 Å². The molecule has 0 amide bonds. The molecule has 5 nitrogen and oxygen atoms in total. The summed E-state index contributed by atoms with van der Waals surface area (Å²) in [5.74, 6) is 0.0468. The minimum absolute atomic E-state index is 0.0234. The highest BCUT2D eigenvalue weighted by Crippen LogP contribution is 2.13. The summed E-state index contributed by atoms with van der Waals surface area (Å²) in [6.07, 6.45) is 0. The van der Waals surface area contributed by atoms with Crippen molar-refractivity contribution in [2.45, 2.75) is 19.1 Å². The number of nitrogens with one attached hydrogen (secondary N) is 1. The third-order valence-electron chi connectivity index (χ3n) is 2.33. The molecule has 0 aliphatic carbocycles. The highest BCUT2D eigenvalue weighted by molar-refractivity contribution is 7.92. The Hall–Kier alpha value is -0.140. The zero-order valence-electron chi connectivity index (χ0n) is 8.39. The molecule has 1 heterocycles. The van der Waals surface area contributed by atoms with Crippen LogP contribution in [0.2, 0.25) is 0 Å². The number of hydrogen-bond acceptors (Lipinski definition) is 4. The van der Waals surface area contributed by atoms with Gasteiger partial charge in [-0.25, -0.2) is 21.7 Å². The van der Waals surface area contributed by atoms with E-state index in [1.165, 1.54) is 4.31 Å². The van der Waals surface area contributed by atoms with E-state index in [2.05, 4.69) is 0 Å². The summed E-state index contributed by atoms with van der Waals surface area (Å²) in [7, 11) is -5.73. The third-order valence-corrected chi connectivity index (χ3v) is 6.35. The van der Waals surface area contributed by atoms with Gasteiger partial charge in [-0.05, 0) is 13.8 Å². The third kappa shape index (κ3) is 2.46. The molecule has 7 heteroatoms. The van der Waals surface area contributed by atoms with Crippen molar-refractivity contribution in [3.63, 3.8) is 0 Å². The van der Waals surface area contributed by atoms with Crippen molar-refractivity contribution in [2.24, 2.45) is 0 Å². The van der Waals surface area contributed by atoms with Crippen LogP contribution in [0.3, 0.4) is 0 Å². The van der Waals surface area contributed by atoms with Gasteiger partial charge in [0.25, 0.3) is 0 Å². The summed E-state index contributed by atoms with van der Waals surface area (Å²) in [5.41, 5.74) is 0. The first-order chi connectivity index (χ1) is 6.26. The van der Waals surface area contributed by atoms with Gasteiger partial charge in [0.05, 0.1) is 16.8 Å². The van der Waals surface area contributed by atoms with Gasteiger partial charge in [-0.15, -0.1) is 0 Å². The lowest BCUT2D eigenvalue weighted by atomic mass is 10.6. The van der Waals surface area contributed by atoms with Crippen LogP contribution in [0.25, 0.3) is 0 Å². The van der Waals surface area contributed by atoms with Crippen LogP contribution >= 0.6 is 0 Å². The fraction of sp³-hybridized carbons (Fsp3) is 1.00. The number of nitrogens with zero attached hydrogens (tertiary/aromatic N) is 1. The molecule has 0 spiro atoms. The summed E-state index contributed by atoms with van der Waals surface area (Å²) >= 11 is 0. The molecule has 14 heavy (non-hydrogen) atoms. The zero-order chi connectivity index (χ0) is 11.0. The Morgan fingerprint density at radius 2 is 1.71 bits per heavy atom. The lowest BCUT2D eigenvalue weighted by Crippen LogP contribution is -2.45. The lowest BCUT2D eigenvalue weighted by molar-refractivity contribution is 0.454. The number of sulfone groups is 1. The highest BCUT2D eigenvalue weighted by atomic mass is 32.2. The quantitative estimate of drug-likeness (QED) is 0.743. The smallest absolute Gasteiger partial charge is 0.152 e. The maximum absolute atomic E-state index is 11.8. The lowest BCUT2D eigenvalue weighted by Gasteiger charge is -2.29. The Bertz CT molecular complexity index is 383. The normalized spacial score (nSPS) is 27.4. The standard InChI is InChI=1S/C7H16N2O3S2/c1-7(2)14(8,12)9-3-5-13(10,11)6-4-9/h7-8H,3-6H2,1-2H3. The molecule has 0 aromatic carbocycles. The molecule has 1 aliphatic heterocycles. The largest absolute Gasteiger partial charge is 0.240 e. The second-order valence-electron chi connectivity index (χ2n) is 3.70. The van der Waals surface area contributed by atoms with Crippen LogP contribution in [0.5, 0.6) is 0 Å². The fourth-order valence-electron chi connectivity index (χ4n) is 1.27. The van der Waals surface area contributed by atoms with Crippen molar-refractivity contribution in [3.8, 4) is 0 Å². The predicted molar refractivity (Wildman–Crippen MR) is 56.2 cm³/mol. The molecule has 1 aliphatic rings. The topological polar surface area (TPSA) is 78.3 Å². The minimum atomic E-state index is -2.95. The molecule has 0 radical (unpaired) electrons. The highest BCUT2D eigenvalue weighted by Gasteiger charge is 2.29. The molecule has 1 fully saturated rings. The predicted octanol–water partition coefficient (Wildman–Crippen LogP) is 0.0870. The molecule has 1 saturated heterocycles. The fourth-order valence-corrected chi connectivity index (χ4v) is 4.02. The summed E-state index contributed by atoms with van der Waals surface area (Å²) in [4.78, 5) is 0. The molecule has 0 aromatic rings. The van der Waals surface area contributed by atoms with Crippen molar-refractivity contribution in [1.82, 2.24) is 4.31 Å². The van der Waals surface area contributed by atoms with Gasteiger partial charge in [-0.3, -0.25) is 0 Å². The van der Waals surface area contributed by atoms with E-state index >= 15 is 0 Å². The molecule has 1 rings (SSSR count). The average Bonchev–Trinajstić information content (AvgIpc) is 2.03. The number of hydrogen-bond donors (Lipinski definition) is 1. The van der Waals surface area contributed by atoms with Crippen LogP contribution in [0.4, 0.5) is 0 Å². The molecule has 84 valence electrons. The summed E-state index contributed by atoms with van der Waals surface area (Å²) < 4.78 is 43.2. The van der Waals surface area contributed by atoms with E-state index in [1.54, 1.807) is 13.8 Å². The van der Waals surface area contributed by atoms with E-state index in [0.29, 0.717) is 0 Å². The molecule has 0 bridgehead atoms. The van der Waals surface area contributed by atoms with Crippen molar-refractivity contribution in [2.75, 3.05) is 24.6 Å². The van der Waals surface area contributed by atoms with E-state index < -0.39 is 19.8 Å². The van der Waals surface area contributed by atoms with E-state index in [-0.39, 0.29) is 29.8 Å². The maximum atomic E-state index is 11.8. The van der Waals surface area contributed by atoms with Gasteiger partial charge >= 0.3 is 0 Å². The van der Waals surface area contributed by atoms with Crippen LogP contribution in [-0.2, 0) is 19.8 Å². The van der Waals surface area contributed by atoms with Crippen LogP contribution in [0.1, 0.15) is 13.8 Å². The second-order valence-corrected chi connectivity index (χ2v) is 8.60. The van der Waals surface area contributed by atoms with E-state index in [1.807, 2.05) is 0 Å². The Kier molecular flexibility index (Phi) is 3.23. The Morgan fingerprint density at radius 1 is 1.29 bits per heavy atom. The molecule has 1 N–H and O–H groups in total. The van der Waals surface area contributed by atoms with Gasteiger partial charge in [-0.1, -0.05) is 0 Å². The monoisotopic (exact) mass is 240 g/mol. The maximum Gasteiger partial charge on any atom is 0.152 e. The SMILES string of the molecule is CC(C)S(=N)(=O)N1CCS(=O)(=O)CC1. The van der Waals surface area contributed by atoms with Crippen LogP contribution in [-0.4, -0.2) is 46.8 Å². The summed E-state index contributed by atoms with van der Waals surface area (Å²) in [6.45, 7) is 3.89. The van der Waals surface area contributed by atoms with Gasteiger partial charge < -0.3 is 0 Å². The minimum Gasteiger partial charge on any atom is -0.240 e. The van der Waals surface area contributed by atoms with Crippen molar-refractivity contribution in [1.29, 1.82) is 4.78 Å². The van der Waals surface area contributed by atoms with Gasteiger partial charge in [0, 0.05) is 13.1 Å². The molecule has 1 unspecified atom stereocenters. The summed E-state index contributed by atoms with van der Waals surface area (Å²) in [6, 6.07) is 0. The zero-order valence-corrected chi connectivity index (χ0v) is 10.0. The average molecular weight is 240 g/mol. The molecular weight excluding hydrogens is 224 g/mol. The second kappa shape index (κ2) is 3.79. The Morgan fingerprint density at radius 3 is 2.07 bits per heavy atom. The van der Waals surface area contributed by atoms with E-state index in [9.17, 15) is 12.6 Å². The van der Waals surface area contributed by atoms with Gasteiger partial charge in [0.2, 0.25) is 0 Å². The Balaban J connectivity index is 2.77. The Labute approximate surface area is 85.5 Å². The van der Waals surface area contributed by atoms with Crippen LogP contribution in [0, 0.1) is 4.78 Å². The molecule has 1 atom stereocenters. The first kappa shape index (κ1) is 11.9. The van der Waals surface area contributed by atoms with E-state index in [4.69, 9.17) is 4.78 Å². The van der Waals surface area contributed by atoms with Crippen LogP contribution < -0.4 is 0 Å². The van der Waals surface area contributed by atoms with Crippen molar-refractivity contribution >= 4 is 19.8 Å². The number of rotatable bonds is 2. The molecular formula is C7H16N2O3S2. The first-order valence-electron chi connectivity index (χ1n) is 4.49. The van der Waals surface area contributed by atoms with Crippen molar-refractivity contribution < 1.29 is 12.6 Å². The van der Waals surface area contributed by atoms with Gasteiger partial charge in [0.1, 0.15) is 9.92 Å².